The number of fused-ring (bicyclic) bond motifs is 2. The highest BCUT2D eigenvalue weighted by atomic mass is 16.5. The molecule has 2 N–H and O–H groups in total. The molecular formula is C24H27N3O4. The highest BCUT2D eigenvalue weighted by Gasteiger charge is 2.36. The molecule has 0 aromatic heterocycles. The normalized spacial score (nSPS) is 24.3. The Morgan fingerprint density at radius 3 is 2.84 bits per heavy atom. The molecule has 7 nitrogen and oxygen atoms in total. The quantitative estimate of drug-likeness (QED) is 0.799. The maximum Gasteiger partial charge on any atom is 0.322 e. The van der Waals surface area contributed by atoms with Crippen molar-refractivity contribution in [2.24, 2.45) is 0 Å². The van der Waals surface area contributed by atoms with Crippen LogP contribution in [0, 0.1) is 13.8 Å². The Morgan fingerprint density at radius 1 is 1.16 bits per heavy atom. The van der Waals surface area contributed by atoms with Gasteiger partial charge in [0.2, 0.25) is 5.91 Å². The van der Waals surface area contributed by atoms with Gasteiger partial charge in [-0.3, -0.25) is 9.69 Å². The molecule has 2 aromatic carbocycles. The van der Waals surface area contributed by atoms with E-state index < -0.39 is 0 Å². The first kappa shape index (κ1) is 19.9. The number of carbonyl (C=O) groups excluding carboxylic acids is 2. The van der Waals surface area contributed by atoms with E-state index in [4.69, 9.17) is 9.47 Å². The molecule has 3 aliphatic heterocycles. The van der Waals surface area contributed by atoms with Crippen LogP contribution in [0.4, 0.5) is 10.5 Å². The highest BCUT2D eigenvalue weighted by Crippen LogP contribution is 2.40. The van der Waals surface area contributed by atoms with E-state index in [0.717, 1.165) is 34.5 Å². The van der Waals surface area contributed by atoms with Crippen molar-refractivity contribution in [2.75, 3.05) is 31.3 Å². The van der Waals surface area contributed by atoms with Crippen molar-refractivity contribution in [1.82, 2.24) is 10.6 Å². The van der Waals surface area contributed by atoms with E-state index >= 15 is 0 Å². The maximum atomic E-state index is 13.3. The molecule has 3 amide bonds. The molecule has 0 bridgehead atoms. The lowest BCUT2D eigenvalue weighted by Crippen LogP contribution is -2.47. The van der Waals surface area contributed by atoms with Gasteiger partial charge in [0.05, 0.1) is 18.7 Å². The van der Waals surface area contributed by atoms with Crippen LogP contribution in [0.2, 0.25) is 0 Å². The first-order valence-electron chi connectivity index (χ1n) is 10.8. The zero-order valence-electron chi connectivity index (χ0n) is 17.8. The summed E-state index contributed by atoms with van der Waals surface area (Å²) in [5.41, 5.74) is 5.39. The lowest BCUT2D eigenvalue weighted by atomic mass is 9.94. The Balaban J connectivity index is 1.32. The second-order valence-electron chi connectivity index (χ2n) is 8.62. The summed E-state index contributed by atoms with van der Waals surface area (Å²) in [7, 11) is 0. The minimum atomic E-state index is -0.168. The van der Waals surface area contributed by atoms with Crippen molar-refractivity contribution in [2.45, 2.75) is 38.3 Å². The van der Waals surface area contributed by atoms with E-state index in [2.05, 4.69) is 29.7 Å². The lowest BCUT2D eigenvalue weighted by Gasteiger charge is -2.26. The third kappa shape index (κ3) is 3.63. The molecule has 0 aliphatic carbocycles. The molecule has 7 heteroatoms. The lowest BCUT2D eigenvalue weighted by molar-refractivity contribution is -0.131. The summed E-state index contributed by atoms with van der Waals surface area (Å²) in [4.78, 5) is 26.8. The Bertz CT molecular complexity index is 1040. The summed E-state index contributed by atoms with van der Waals surface area (Å²) >= 11 is 0. The number of urea groups is 1. The Kier molecular flexibility index (Phi) is 5.06. The number of amides is 3. The number of nitrogens with zero attached hydrogens (tertiary/aromatic N) is 1. The van der Waals surface area contributed by atoms with Gasteiger partial charge < -0.3 is 20.1 Å². The van der Waals surface area contributed by atoms with Crippen molar-refractivity contribution >= 4 is 17.6 Å². The molecule has 3 aliphatic rings. The molecule has 2 aromatic rings. The number of rotatable bonds is 3. The van der Waals surface area contributed by atoms with Gasteiger partial charge in [0.15, 0.2) is 0 Å². The smallest absolute Gasteiger partial charge is 0.322 e. The third-order valence-corrected chi connectivity index (χ3v) is 6.58. The van der Waals surface area contributed by atoms with Crippen LogP contribution >= 0.6 is 0 Å². The maximum absolute atomic E-state index is 13.3. The molecule has 3 heterocycles. The SMILES string of the molecule is Cc1ccc2c(c1C)OCC2NC(=O)N1CC(CC2COCC(=O)N2)c2ccccc21. The van der Waals surface area contributed by atoms with Crippen LogP contribution in [0.25, 0.3) is 0 Å². The van der Waals surface area contributed by atoms with Gasteiger partial charge in [-0.2, -0.15) is 0 Å². The van der Waals surface area contributed by atoms with E-state index in [1.54, 1.807) is 0 Å². The number of carbonyl (C=O) groups is 2. The van der Waals surface area contributed by atoms with Crippen LogP contribution in [0.15, 0.2) is 36.4 Å². The van der Waals surface area contributed by atoms with Crippen molar-refractivity contribution in [3.8, 4) is 5.75 Å². The van der Waals surface area contributed by atoms with Crippen LogP contribution in [0.1, 0.15) is 40.6 Å². The molecular weight excluding hydrogens is 394 g/mol. The summed E-state index contributed by atoms with van der Waals surface area (Å²) in [5.74, 6) is 0.951. The zero-order chi connectivity index (χ0) is 21.5. The first-order chi connectivity index (χ1) is 15.0. The zero-order valence-corrected chi connectivity index (χ0v) is 17.8. The first-order valence-corrected chi connectivity index (χ1v) is 10.8. The van der Waals surface area contributed by atoms with Gasteiger partial charge in [0.1, 0.15) is 19.0 Å². The van der Waals surface area contributed by atoms with Crippen molar-refractivity contribution in [3.63, 3.8) is 0 Å². The average Bonchev–Trinajstić information content (AvgIpc) is 3.33. The fourth-order valence-corrected chi connectivity index (χ4v) is 4.84. The number of hydrogen-bond acceptors (Lipinski definition) is 4. The molecule has 0 radical (unpaired) electrons. The van der Waals surface area contributed by atoms with Crippen LogP contribution in [0.5, 0.6) is 5.75 Å². The number of nitrogens with one attached hydrogen (secondary N) is 2. The van der Waals surface area contributed by atoms with Gasteiger partial charge >= 0.3 is 6.03 Å². The summed E-state index contributed by atoms with van der Waals surface area (Å²) in [5, 5.41) is 6.16. The number of aryl methyl sites for hydroxylation is 1. The van der Waals surface area contributed by atoms with E-state index in [0.29, 0.717) is 19.8 Å². The van der Waals surface area contributed by atoms with E-state index in [9.17, 15) is 9.59 Å². The largest absolute Gasteiger partial charge is 0.490 e. The molecule has 5 rings (SSSR count). The Labute approximate surface area is 181 Å². The number of benzene rings is 2. The predicted octanol–water partition coefficient (Wildman–Crippen LogP) is 2.96. The number of ether oxygens (including phenoxy) is 2. The highest BCUT2D eigenvalue weighted by molar-refractivity contribution is 5.95. The third-order valence-electron chi connectivity index (χ3n) is 6.58. The van der Waals surface area contributed by atoms with E-state index in [-0.39, 0.29) is 36.5 Å². The van der Waals surface area contributed by atoms with Crippen molar-refractivity contribution in [3.05, 3.63) is 58.7 Å². The van der Waals surface area contributed by atoms with Gasteiger partial charge in [-0.05, 0) is 43.0 Å². The molecule has 162 valence electrons. The molecule has 1 saturated heterocycles. The summed E-state index contributed by atoms with van der Waals surface area (Å²) < 4.78 is 11.3. The van der Waals surface area contributed by atoms with Gasteiger partial charge in [0, 0.05) is 23.7 Å². The average molecular weight is 421 g/mol. The summed E-state index contributed by atoms with van der Waals surface area (Å²) in [6.07, 6.45) is 0.736. The van der Waals surface area contributed by atoms with E-state index in [1.165, 1.54) is 5.56 Å². The van der Waals surface area contributed by atoms with Crippen LogP contribution < -0.4 is 20.3 Å². The number of anilines is 1. The molecule has 0 spiro atoms. The fraction of sp³-hybridized carbons (Fsp3) is 0.417. The second kappa shape index (κ2) is 7.89. The molecule has 0 saturated carbocycles. The number of para-hydroxylation sites is 1. The van der Waals surface area contributed by atoms with Crippen molar-refractivity contribution < 1.29 is 19.1 Å². The van der Waals surface area contributed by atoms with Crippen LogP contribution in [-0.4, -0.2) is 44.3 Å². The van der Waals surface area contributed by atoms with Crippen molar-refractivity contribution in [1.29, 1.82) is 0 Å². The van der Waals surface area contributed by atoms with Crippen LogP contribution in [-0.2, 0) is 9.53 Å². The predicted molar refractivity (Wildman–Crippen MR) is 117 cm³/mol. The topological polar surface area (TPSA) is 79.9 Å². The fourth-order valence-electron chi connectivity index (χ4n) is 4.84. The van der Waals surface area contributed by atoms with Gasteiger partial charge in [-0.15, -0.1) is 0 Å². The minimum Gasteiger partial charge on any atom is -0.490 e. The Hall–Kier alpha value is -3.06. The summed E-state index contributed by atoms with van der Waals surface area (Å²) in [6, 6.07) is 11.8. The van der Waals surface area contributed by atoms with Gasteiger partial charge in [-0.25, -0.2) is 4.79 Å². The van der Waals surface area contributed by atoms with Crippen LogP contribution in [0.3, 0.4) is 0 Å². The molecule has 3 unspecified atom stereocenters. The summed E-state index contributed by atoms with van der Waals surface area (Å²) in [6.45, 7) is 5.75. The molecule has 3 atom stereocenters. The van der Waals surface area contributed by atoms with E-state index in [1.807, 2.05) is 36.1 Å². The number of hydrogen-bond donors (Lipinski definition) is 2. The molecule has 31 heavy (non-hydrogen) atoms. The van der Waals surface area contributed by atoms with Gasteiger partial charge in [0.25, 0.3) is 0 Å². The second-order valence-corrected chi connectivity index (χ2v) is 8.62. The molecule has 1 fully saturated rings. The monoisotopic (exact) mass is 421 g/mol. The number of morpholine rings is 1. The van der Waals surface area contributed by atoms with Gasteiger partial charge in [-0.1, -0.05) is 30.3 Å². The Morgan fingerprint density at radius 2 is 2.00 bits per heavy atom. The standard InChI is InChI=1S/C24H27N3O4/c1-14-7-8-19-20(12-31-23(19)15(14)2)26-24(29)27-10-16(18-5-3-4-6-21(18)27)9-17-11-30-13-22(28)25-17/h3-8,16-17,20H,9-13H2,1-2H3,(H,25,28)(H,26,29). The minimum absolute atomic E-state index is 0.0383.